The fourth-order valence-corrected chi connectivity index (χ4v) is 5.71. The van der Waals surface area contributed by atoms with Gasteiger partial charge < -0.3 is 14.6 Å². The number of aryl methyl sites for hydroxylation is 1. The van der Waals surface area contributed by atoms with E-state index in [1.165, 1.54) is 28.6 Å². The molecule has 1 N–H and O–H groups in total. The number of nitrogens with zero attached hydrogens (tertiary/aromatic N) is 3. The molecule has 1 atom stereocenters. The molecule has 1 aliphatic rings. The molecule has 1 saturated heterocycles. The second-order valence-electron chi connectivity index (χ2n) is 10.0. The van der Waals surface area contributed by atoms with Crippen molar-refractivity contribution in [2.75, 3.05) is 18.1 Å². The van der Waals surface area contributed by atoms with E-state index >= 15 is 0 Å². The van der Waals surface area contributed by atoms with Crippen LogP contribution in [0.3, 0.4) is 0 Å². The molecule has 0 bridgehead atoms. The summed E-state index contributed by atoms with van der Waals surface area (Å²) in [5.41, 5.74) is 2.74. The number of hydrogen-bond acceptors (Lipinski definition) is 8. The second kappa shape index (κ2) is 11.5. The molecule has 1 aliphatic heterocycles. The Morgan fingerprint density at radius 1 is 1.05 bits per heavy atom. The molecule has 4 aromatic rings. The number of aliphatic hydroxyl groups excluding tert-OH is 1. The van der Waals surface area contributed by atoms with E-state index in [0.29, 0.717) is 46.9 Å². The van der Waals surface area contributed by atoms with Crippen LogP contribution in [0.15, 0.2) is 66.5 Å². The molecule has 40 heavy (non-hydrogen) atoms. The Kier molecular flexibility index (Phi) is 7.84. The summed E-state index contributed by atoms with van der Waals surface area (Å²) >= 11 is 1.33. The molecule has 2 aromatic heterocycles. The van der Waals surface area contributed by atoms with Crippen molar-refractivity contribution in [2.45, 2.75) is 40.2 Å². The van der Waals surface area contributed by atoms with E-state index in [9.17, 15) is 14.7 Å². The molecule has 0 radical (unpaired) electrons. The highest BCUT2D eigenvalue weighted by Gasteiger charge is 2.48. The maximum atomic E-state index is 13.6. The van der Waals surface area contributed by atoms with Gasteiger partial charge in [-0.15, -0.1) is 0 Å². The lowest BCUT2D eigenvalue weighted by Crippen LogP contribution is -2.29. The lowest BCUT2D eigenvalue weighted by Gasteiger charge is -2.24. The zero-order chi connectivity index (χ0) is 28.4. The number of ketones is 1. The SMILES string of the molecule is CCOc1cc(C2/C(=C(\O)c3ccncc3)C(=O)C(=O)N2c2nc3ccc(C)cc3s2)ccc1OCCC(C)C. The summed E-state index contributed by atoms with van der Waals surface area (Å²) < 4.78 is 12.8. The fourth-order valence-electron chi connectivity index (χ4n) is 4.62. The highest BCUT2D eigenvalue weighted by molar-refractivity contribution is 7.22. The molecule has 8 nitrogen and oxygen atoms in total. The Labute approximate surface area is 236 Å². The lowest BCUT2D eigenvalue weighted by molar-refractivity contribution is -0.132. The average molecular weight is 558 g/mol. The van der Waals surface area contributed by atoms with Crippen molar-refractivity contribution >= 4 is 44.1 Å². The molecule has 1 unspecified atom stereocenters. The summed E-state index contributed by atoms with van der Waals surface area (Å²) in [7, 11) is 0. The Bertz CT molecular complexity index is 1600. The number of rotatable bonds is 9. The number of ether oxygens (including phenoxy) is 2. The first-order valence-electron chi connectivity index (χ1n) is 13.3. The van der Waals surface area contributed by atoms with Crippen LogP contribution in [0.5, 0.6) is 11.5 Å². The Morgan fingerprint density at radius 2 is 1.82 bits per heavy atom. The van der Waals surface area contributed by atoms with Crippen LogP contribution in [0.25, 0.3) is 16.0 Å². The van der Waals surface area contributed by atoms with Crippen LogP contribution in [0, 0.1) is 12.8 Å². The number of carbonyl (C=O) groups is 2. The average Bonchev–Trinajstić information content (AvgIpc) is 3.47. The summed E-state index contributed by atoms with van der Waals surface area (Å²) in [5.74, 6) is -0.261. The fraction of sp³-hybridized carbons (Fsp3) is 0.290. The van der Waals surface area contributed by atoms with Gasteiger partial charge >= 0.3 is 5.91 Å². The molecule has 0 saturated carbocycles. The normalized spacial score (nSPS) is 16.7. The van der Waals surface area contributed by atoms with Crippen molar-refractivity contribution in [1.82, 2.24) is 9.97 Å². The van der Waals surface area contributed by atoms with Gasteiger partial charge in [-0.25, -0.2) is 4.98 Å². The number of anilines is 1. The first kappa shape index (κ1) is 27.3. The van der Waals surface area contributed by atoms with Crippen molar-refractivity contribution in [3.8, 4) is 11.5 Å². The highest BCUT2D eigenvalue weighted by Crippen LogP contribution is 2.46. The molecular weight excluding hydrogens is 526 g/mol. The van der Waals surface area contributed by atoms with Gasteiger partial charge in [0, 0.05) is 18.0 Å². The third-order valence-electron chi connectivity index (χ3n) is 6.67. The van der Waals surface area contributed by atoms with E-state index in [1.54, 1.807) is 30.3 Å². The third kappa shape index (κ3) is 5.29. The van der Waals surface area contributed by atoms with Gasteiger partial charge in [0.25, 0.3) is 5.78 Å². The minimum atomic E-state index is -0.932. The number of benzene rings is 2. The Balaban J connectivity index is 1.66. The van der Waals surface area contributed by atoms with Gasteiger partial charge in [-0.3, -0.25) is 19.5 Å². The molecule has 1 amide bonds. The van der Waals surface area contributed by atoms with Crippen molar-refractivity contribution < 1.29 is 24.2 Å². The smallest absolute Gasteiger partial charge is 0.301 e. The summed E-state index contributed by atoms with van der Waals surface area (Å²) in [6, 6.07) is 13.5. The lowest BCUT2D eigenvalue weighted by atomic mass is 9.95. The maximum Gasteiger partial charge on any atom is 0.301 e. The minimum absolute atomic E-state index is 0.0254. The maximum absolute atomic E-state index is 13.6. The number of aromatic nitrogens is 2. The van der Waals surface area contributed by atoms with Crippen LogP contribution >= 0.6 is 11.3 Å². The summed E-state index contributed by atoms with van der Waals surface area (Å²) in [5, 5.41) is 11.7. The summed E-state index contributed by atoms with van der Waals surface area (Å²) in [6.45, 7) is 9.06. The molecule has 0 spiro atoms. The summed E-state index contributed by atoms with van der Waals surface area (Å²) in [6.07, 6.45) is 3.93. The quantitative estimate of drug-likeness (QED) is 0.143. The predicted octanol–water partition coefficient (Wildman–Crippen LogP) is 6.45. The van der Waals surface area contributed by atoms with Crippen molar-refractivity contribution in [2.24, 2.45) is 5.92 Å². The predicted molar refractivity (Wildman–Crippen MR) is 156 cm³/mol. The highest BCUT2D eigenvalue weighted by atomic mass is 32.1. The van der Waals surface area contributed by atoms with Gasteiger partial charge in [0.15, 0.2) is 16.6 Å². The van der Waals surface area contributed by atoms with E-state index in [1.807, 2.05) is 32.0 Å². The van der Waals surface area contributed by atoms with Crippen LogP contribution in [0.4, 0.5) is 5.13 Å². The molecule has 206 valence electrons. The van der Waals surface area contributed by atoms with Gasteiger partial charge in [-0.05, 0) is 73.7 Å². The molecule has 9 heteroatoms. The van der Waals surface area contributed by atoms with Crippen molar-refractivity contribution in [3.05, 3.63) is 83.2 Å². The topological polar surface area (TPSA) is 102 Å². The van der Waals surface area contributed by atoms with Gasteiger partial charge in [0.1, 0.15) is 5.76 Å². The van der Waals surface area contributed by atoms with Crippen molar-refractivity contribution in [1.29, 1.82) is 0 Å². The van der Waals surface area contributed by atoms with E-state index in [2.05, 4.69) is 18.8 Å². The van der Waals surface area contributed by atoms with E-state index in [0.717, 1.165) is 22.2 Å². The van der Waals surface area contributed by atoms with Gasteiger partial charge in [-0.2, -0.15) is 0 Å². The van der Waals surface area contributed by atoms with Gasteiger partial charge in [0.05, 0.1) is 35.0 Å². The monoisotopic (exact) mass is 557 g/mol. The molecular formula is C31H31N3O5S. The van der Waals surface area contributed by atoms with Crippen LogP contribution in [-0.2, 0) is 9.59 Å². The van der Waals surface area contributed by atoms with Crippen LogP contribution in [-0.4, -0.2) is 40.0 Å². The summed E-state index contributed by atoms with van der Waals surface area (Å²) in [4.78, 5) is 37.2. The second-order valence-corrected chi connectivity index (χ2v) is 11.1. The van der Waals surface area contributed by atoms with Gasteiger partial charge in [0.2, 0.25) is 0 Å². The van der Waals surface area contributed by atoms with Crippen LogP contribution in [0.1, 0.15) is 49.9 Å². The number of thiazole rings is 1. The standard InChI is InChI=1S/C31H31N3O5S/c1-5-38-24-17-21(7-9-23(24)39-15-12-18(2)3)27-26(28(35)20-10-13-32-14-11-20)29(36)30(37)34(27)31-33-22-8-6-19(4)16-25(22)40-31/h6-11,13-14,16-18,27,35H,5,12,15H2,1-4H3/b28-26+. The van der Waals surface area contributed by atoms with Crippen molar-refractivity contribution in [3.63, 3.8) is 0 Å². The first-order valence-corrected chi connectivity index (χ1v) is 14.1. The van der Waals surface area contributed by atoms with E-state index in [-0.39, 0.29) is 11.3 Å². The molecule has 5 rings (SSSR count). The number of Topliss-reactive ketones (excluding diaryl/α,β-unsaturated/α-hetero) is 1. The number of hydrogen-bond donors (Lipinski definition) is 1. The zero-order valence-corrected chi connectivity index (χ0v) is 23.7. The molecule has 3 heterocycles. The Morgan fingerprint density at radius 3 is 2.55 bits per heavy atom. The largest absolute Gasteiger partial charge is 0.507 e. The Hall–Kier alpha value is -4.24. The third-order valence-corrected chi connectivity index (χ3v) is 7.69. The first-order chi connectivity index (χ1) is 19.3. The van der Waals surface area contributed by atoms with Crippen LogP contribution in [0.2, 0.25) is 0 Å². The molecule has 0 aliphatic carbocycles. The number of amides is 1. The van der Waals surface area contributed by atoms with Gasteiger partial charge in [-0.1, -0.05) is 37.3 Å². The number of pyridine rings is 1. The number of carbonyl (C=O) groups excluding carboxylic acids is 2. The van der Waals surface area contributed by atoms with E-state index in [4.69, 9.17) is 14.5 Å². The number of fused-ring (bicyclic) bond motifs is 1. The van der Waals surface area contributed by atoms with Crippen LogP contribution < -0.4 is 14.4 Å². The minimum Gasteiger partial charge on any atom is -0.507 e. The van der Waals surface area contributed by atoms with E-state index < -0.39 is 17.7 Å². The number of aliphatic hydroxyl groups is 1. The zero-order valence-electron chi connectivity index (χ0n) is 22.9. The molecule has 1 fully saturated rings. The molecule has 2 aromatic carbocycles.